The molecule has 0 saturated carbocycles. The Bertz CT molecular complexity index is 984. The minimum atomic E-state index is -1.58. The highest BCUT2D eigenvalue weighted by Gasteiger charge is 2.35. The summed E-state index contributed by atoms with van der Waals surface area (Å²) in [5.41, 5.74) is 12.8. The summed E-state index contributed by atoms with van der Waals surface area (Å²) in [5, 5.41) is 25.8. The molecule has 0 rings (SSSR count). The Kier molecular flexibility index (Phi) is 20.0. The summed E-state index contributed by atoms with van der Waals surface area (Å²) in [6.45, 7) is 3.05. The molecule has 44 heavy (non-hydrogen) atoms. The Morgan fingerprint density at radius 2 is 1.34 bits per heavy atom. The van der Waals surface area contributed by atoms with E-state index in [1.54, 1.807) is 0 Å². The summed E-state index contributed by atoms with van der Waals surface area (Å²) >= 11 is 0. The van der Waals surface area contributed by atoms with E-state index in [9.17, 15) is 38.7 Å². The molecule has 0 saturated heterocycles. The summed E-state index contributed by atoms with van der Waals surface area (Å²) in [5.74, 6) is -7.94. The fourth-order valence-corrected chi connectivity index (χ4v) is 4.59. The lowest BCUT2D eigenvalue weighted by Crippen LogP contribution is -2.53. The molecule has 5 atom stereocenters. The highest BCUT2D eigenvalue weighted by Crippen LogP contribution is 2.19. The lowest BCUT2D eigenvalue weighted by Gasteiger charge is -2.26. The molecule has 0 radical (unpaired) electrons. The summed E-state index contributed by atoms with van der Waals surface area (Å²) in [4.78, 5) is 85.2. The monoisotopic (exact) mass is 629 g/mol. The zero-order valence-corrected chi connectivity index (χ0v) is 25.9. The van der Waals surface area contributed by atoms with Crippen molar-refractivity contribution in [3.05, 3.63) is 0 Å². The van der Waals surface area contributed by atoms with Crippen molar-refractivity contribution >= 4 is 41.4 Å². The number of carbonyl (C=O) groups is 7. The average Bonchev–Trinajstić information content (AvgIpc) is 2.97. The van der Waals surface area contributed by atoms with Gasteiger partial charge in [0.25, 0.3) is 0 Å². The van der Waals surface area contributed by atoms with Gasteiger partial charge in [-0.25, -0.2) is 4.79 Å². The highest BCUT2D eigenvalue weighted by molar-refractivity contribution is 5.94. The molecule has 15 nitrogen and oxygen atoms in total. The maximum absolute atomic E-state index is 13.2. The van der Waals surface area contributed by atoms with Gasteiger partial charge in [-0.15, -0.1) is 0 Å². The Morgan fingerprint density at radius 1 is 0.750 bits per heavy atom. The van der Waals surface area contributed by atoms with Crippen molar-refractivity contribution in [3.8, 4) is 0 Å². The van der Waals surface area contributed by atoms with Gasteiger partial charge in [0.05, 0.1) is 6.54 Å². The second-order valence-electron chi connectivity index (χ2n) is 11.0. The molecule has 0 bridgehead atoms. The maximum atomic E-state index is 13.2. The van der Waals surface area contributed by atoms with Crippen molar-refractivity contribution in [2.45, 2.75) is 128 Å². The molecule has 0 heterocycles. The van der Waals surface area contributed by atoms with Gasteiger partial charge in [0.15, 0.2) is 0 Å². The fraction of sp³-hybridized carbons (Fsp3) is 0.759. The first-order valence-corrected chi connectivity index (χ1v) is 15.3. The Labute approximate surface area is 260 Å². The number of aliphatic carboxylic acids is 2. The number of carboxylic acid groups (broad SMARTS) is 2. The van der Waals surface area contributed by atoms with Gasteiger partial charge in [-0.05, 0) is 32.6 Å². The van der Waals surface area contributed by atoms with Crippen LogP contribution in [0.5, 0.6) is 0 Å². The summed E-state index contributed by atoms with van der Waals surface area (Å²) in [6.07, 6.45) is 8.55. The second-order valence-corrected chi connectivity index (χ2v) is 11.0. The number of amides is 4. The average molecular weight is 630 g/mol. The molecular weight excluding hydrogens is 576 g/mol. The van der Waals surface area contributed by atoms with Crippen molar-refractivity contribution in [1.29, 1.82) is 0 Å². The first kappa shape index (κ1) is 38.4. The maximum Gasteiger partial charge on any atom is 0.326 e. The highest BCUT2D eigenvalue weighted by atomic mass is 16.4. The van der Waals surface area contributed by atoms with Crippen LogP contribution in [0.2, 0.25) is 1.41 Å². The topological polar surface area (TPSA) is 274 Å². The van der Waals surface area contributed by atoms with Crippen LogP contribution in [0.25, 0.3) is 0 Å². The van der Waals surface area contributed by atoms with Crippen LogP contribution in [-0.2, 0) is 33.6 Å². The molecule has 11 N–H and O–H groups in total. The molecule has 0 aliphatic carbocycles. The second kappa shape index (κ2) is 22.9. The SMILES string of the molecule is [2H]NCC(=O)NC(C(N)=O)C(CCC(N)C(=O)O)C(=O)CC[C@@H](NC(=O)[C@H](C)NC(=O)CCCCCCCCCCC)C(=O)O. The number of carboxylic acids is 2. The van der Waals surface area contributed by atoms with Gasteiger partial charge in [-0.3, -0.25) is 28.8 Å². The predicted octanol–water partition coefficient (Wildman–Crippen LogP) is 0.0678. The fourth-order valence-electron chi connectivity index (χ4n) is 4.59. The first-order valence-electron chi connectivity index (χ1n) is 15.8. The normalized spacial score (nSPS) is 14.7. The number of primary amides is 1. The molecule has 0 spiro atoms. The predicted molar refractivity (Wildman–Crippen MR) is 162 cm³/mol. The van der Waals surface area contributed by atoms with E-state index in [1.165, 1.54) is 39.0 Å². The zero-order valence-electron chi connectivity index (χ0n) is 26.9. The Balaban J connectivity index is 5.10. The smallest absolute Gasteiger partial charge is 0.326 e. The molecule has 4 amide bonds. The van der Waals surface area contributed by atoms with Crippen LogP contribution in [0.4, 0.5) is 0 Å². The molecule has 0 fully saturated rings. The number of rotatable bonds is 27. The number of hydrogen-bond donors (Lipinski definition) is 8. The first-order chi connectivity index (χ1) is 21.2. The molecule has 0 aliphatic rings. The van der Waals surface area contributed by atoms with Crippen LogP contribution in [0.1, 0.15) is 104 Å². The molecule has 15 heteroatoms. The van der Waals surface area contributed by atoms with Gasteiger partial charge in [-0.1, -0.05) is 58.3 Å². The third kappa shape index (κ3) is 17.5. The van der Waals surface area contributed by atoms with E-state index < -0.39 is 84.9 Å². The largest absolute Gasteiger partial charge is 0.480 e. The minimum absolute atomic E-state index is 0.229. The number of nitrogens with one attached hydrogen (secondary N) is 3. The third-order valence-corrected chi connectivity index (χ3v) is 7.28. The Hall–Kier alpha value is -3.59. The molecular formula is C29H52N6O9. The zero-order chi connectivity index (χ0) is 34.4. The van der Waals surface area contributed by atoms with E-state index in [2.05, 4.69) is 22.9 Å². The van der Waals surface area contributed by atoms with Crippen molar-refractivity contribution in [3.63, 3.8) is 0 Å². The van der Waals surface area contributed by atoms with Gasteiger partial charge in [0.1, 0.15) is 31.4 Å². The quantitative estimate of drug-likeness (QED) is 0.0563. The molecule has 0 aromatic rings. The summed E-state index contributed by atoms with van der Waals surface area (Å²) < 4.78 is 6.92. The van der Waals surface area contributed by atoms with E-state index in [0.29, 0.717) is 6.42 Å². The molecule has 252 valence electrons. The number of carbonyl (C=O) groups excluding carboxylic acids is 5. The molecule has 3 unspecified atom stereocenters. The molecule has 0 aliphatic heterocycles. The van der Waals surface area contributed by atoms with Crippen LogP contribution < -0.4 is 33.1 Å². The summed E-state index contributed by atoms with van der Waals surface area (Å²) in [6, 6.07) is -5.55. The number of unbranched alkanes of at least 4 members (excludes halogenated alkanes) is 8. The van der Waals surface area contributed by atoms with Gasteiger partial charge in [-0.2, -0.15) is 0 Å². The Morgan fingerprint density at radius 3 is 1.86 bits per heavy atom. The number of nitrogens with two attached hydrogens (primary N) is 3. The number of ketones is 1. The lowest BCUT2D eigenvalue weighted by atomic mass is 9.85. The van der Waals surface area contributed by atoms with Crippen molar-refractivity contribution < 1.29 is 45.2 Å². The molecule has 0 aromatic carbocycles. The standard InChI is InChI=1S/C29H52N6O9/c1-3-4-5-6-7-8-9-10-11-12-23(37)33-18(2)27(40)34-21(29(43)44)15-16-22(36)19(13-14-20(31)28(41)42)25(26(32)39)35-24(38)17-30/h18-21,25H,3-17,30-31H2,1-2H3,(H2,32,39)(H,33,37)(H,34,40)(H,35,38)(H,41,42)(H,43,44)/t18-,19?,20?,21+,25?/m0/s1/i/hD. The third-order valence-electron chi connectivity index (χ3n) is 7.28. The lowest BCUT2D eigenvalue weighted by molar-refractivity contribution is -0.143. The van der Waals surface area contributed by atoms with Gasteiger partial charge in [0, 0.05) is 18.8 Å². The van der Waals surface area contributed by atoms with Crippen LogP contribution >= 0.6 is 0 Å². The van der Waals surface area contributed by atoms with Crippen LogP contribution in [-0.4, -0.2) is 82.3 Å². The van der Waals surface area contributed by atoms with Crippen molar-refractivity contribution in [2.75, 3.05) is 6.54 Å². The van der Waals surface area contributed by atoms with E-state index in [0.717, 1.165) is 19.3 Å². The minimum Gasteiger partial charge on any atom is -0.480 e. The van der Waals surface area contributed by atoms with E-state index in [-0.39, 0.29) is 25.2 Å². The van der Waals surface area contributed by atoms with E-state index in [1.807, 2.05) is 5.73 Å². The van der Waals surface area contributed by atoms with Gasteiger partial charge >= 0.3 is 11.9 Å². The van der Waals surface area contributed by atoms with Gasteiger partial charge in [0.2, 0.25) is 23.6 Å². The van der Waals surface area contributed by atoms with E-state index in [4.69, 9.17) is 18.0 Å². The summed E-state index contributed by atoms with van der Waals surface area (Å²) in [7, 11) is 0. The number of hydrogen-bond acceptors (Lipinski definition) is 9. The van der Waals surface area contributed by atoms with Gasteiger partial charge < -0.3 is 43.4 Å². The van der Waals surface area contributed by atoms with Crippen LogP contribution in [0.15, 0.2) is 0 Å². The van der Waals surface area contributed by atoms with Crippen LogP contribution in [0, 0.1) is 5.92 Å². The van der Waals surface area contributed by atoms with Crippen LogP contribution in [0.3, 0.4) is 0 Å². The van der Waals surface area contributed by atoms with Crippen molar-refractivity contribution in [1.82, 2.24) is 16.0 Å². The van der Waals surface area contributed by atoms with Crippen molar-refractivity contribution in [2.24, 2.45) is 23.1 Å². The number of Topliss-reactive ketones (excluding diaryl/α,β-unsaturated/α-hetero) is 1. The molecule has 0 aromatic heterocycles. The van der Waals surface area contributed by atoms with E-state index >= 15 is 0 Å².